The number of benzene rings is 3. The molecule has 156 valence electrons. The number of aromatic nitrogens is 1. The van der Waals surface area contributed by atoms with E-state index >= 15 is 0 Å². The van der Waals surface area contributed by atoms with Crippen LogP contribution in [-0.2, 0) is 0 Å². The van der Waals surface area contributed by atoms with Crippen molar-refractivity contribution in [3.05, 3.63) is 76.3 Å². The Hall–Kier alpha value is -2.71. The third-order valence-corrected chi connectivity index (χ3v) is 6.23. The molecule has 0 fully saturated rings. The zero-order valence-corrected chi connectivity index (χ0v) is 19.3. The average molecular weight is 488 g/mol. The number of thiazole rings is 1. The molecule has 9 heteroatoms. The first-order valence-electron chi connectivity index (χ1n) is 9.06. The van der Waals surface area contributed by atoms with Crippen LogP contribution in [0.25, 0.3) is 20.8 Å². The zero-order valence-electron chi connectivity index (χ0n) is 16.1. The Labute approximate surface area is 198 Å². The summed E-state index contributed by atoms with van der Waals surface area (Å²) in [7, 11) is 1.45. The lowest BCUT2D eigenvalue weighted by Gasteiger charge is -2.11. The summed E-state index contributed by atoms with van der Waals surface area (Å²) < 4.78 is 6.23. The Morgan fingerprint density at radius 1 is 1.06 bits per heavy atom. The van der Waals surface area contributed by atoms with Gasteiger partial charge in [-0.15, -0.1) is 11.3 Å². The molecule has 0 saturated carbocycles. The number of hydrogen-bond donors (Lipinski definition) is 2. The molecule has 0 radical (unpaired) electrons. The molecule has 0 aliphatic rings. The molecule has 31 heavy (non-hydrogen) atoms. The molecular formula is C22H15Cl2N3O2S2. The van der Waals surface area contributed by atoms with Crippen LogP contribution in [-0.4, -0.2) is 23.1 Å². The van der Waals surface area contributed by atoms with Crippen LogP contribution in [0.4, 0.5) is 5.69 Å². The molecule has 0 unspecified atom stereocenters. The van der Waals surface area contributed by atoms with Gasteiger partial charge in [-0.3, -0.25) is 10.1 Å². The molecule has 0 aliphatic carbocycles. The second-order valence-electron chi connectivity index (χ2n) is 6.45. The molecule has 5 nitrogen and oxygen atoms in total. The number of carbonyl (C=O) groups excluding carboxylic acids is 1. The summed E-state index contributed by atoms with van der Waals surface area (Å²) in [5, 5.41) is 7.18. The van der Waals surface area contributed by atoms with Crippen molar-refractivity contribution < 1.29 is 9.53 Å². The number of ether oxygens (including phenoxy) is 1. The monoisotopic (exact) mass is 487 g/mol. The van der Waals surface area contributed by atoms with E-state index < -0.39 is 5.91 Å². The minimum absolute atomic E-state index is 0.154. The average Bonchev–Trinajstić information content (AvgIpc) is 3.18. The number of anilines is 1. The lowest BCUT2D eigenvalue weighted by Crippen LogP contribution is -2.34. The predicted molar refractivity (Wildman–Crippen MR) is 132 cm³/mol. The highest BCUT2D eigenvalue weighted by Gasteiger charge is 2.15. The number of hydrogen-bond acceptors (Lipinski definition) is 5. The molecule has 4 aromatic rings. The van der Waals surface area contributed by atoms with Crippen molar-refractivity contribution in [1.82, 2.24) is 10.3 Å². The van der Waals surface area contributed by atoms with Gasteiger partial charge < -0.3 is 10.1 Å². The number of nitrogens with zero attached hydrogens (tertiary/aromatic N) is 1. The number of fused-ring (bicyclic) bond motifs is 1. The summed E-state index contributed by atoms with van der Waals surface area (Å²) in [5.41, 5.74) is 2.99. The van der Waals surface area contributed by atoms with Gasteiger partial charge in [0.25, 0.3) is 5.91 Å². The van der Waals surface area contributed by atoms with Gasteiger partial charge in [0, 0.05) is 16.8 Å². The Balaban J connectivity index is 1.42. The third-order valence-electron chi connectivity index (χ3n) is 4.38. The van der Waals surface area contributed by atoms with Gasteiger partial charge in [-0.05, 0) is 60.7 Å². The Kier molecular flexibility index (Phi) is 6.38. The van der Waals surface area contributed by atoms with Crippen LogP contribution in [0, 0.1) is 0 Å². The van der Waals surface area contributed by atoms with Gasteiger partial charge >= 0.3 is 0 Å². The van der Waals surface area contributed by atoms with E-state index in [1.54, 1.807) is 11.3 Å². The first-order valence-corrected chi connectivity index (χ1v) is 11.0. The van der Waals surface area contributed by atoms with Gasteiger partial charge in [-0.25, -0.2) is 4.98 Å². The molecule has 2 N–H and O–H groups in total. The van der Waals surface area contributed by atoms with Crippen molar-refractivity contribution in [3.8, 4) is 16.3 Å². The first kappa shape index (κ1) is 21.5. The predicted octanol–water partition coefficient (Wildman–Crippen LogP) is 6.41. The summed E-state index contributed by atoms with van der Waals surface area (Å²) in [5.74, 6) is -0.121. The fraction of sp³-hybridized carbons (Fsp3) is 0.0455. The largest absolute Gasteiger partial charge is 0.494 e. The topological polar surface area (TPSA) is 63.2 Å². The minimum Gasteiger partial charge on any atom is -0.494 e. The lowest BCUT2D eigenvalue weighted by molar-refractivity contribution is 0.0977. The van der Waals surface area contributed by atoms with Crippen LogP contribution >= 0.6 is 46.8 Å². The first-order chi connectivity index (χ1) is 14.9. The number of para-hydroxylation sites is 1. The van der Waals surface area contributed by atoms with Crippen molar-refractivity contribution >= 4 is 73.7 Å². The van der Waals surface area contributed by atoms with Gasteiger partial charge in [0.05, 0.1) is 27.4 Å². The Bertz CT molecular complexity index is 1230. The maximum Gasteiger partial charge on any atom is 0.257 e. The van der Waals surface area contributed by atoms with Gasteiger partial charge in [-0.1, -0.05) is 35.3 Å². The van der Waals surface area contributed by atoms with E-state index in [1.165, 1.54) is 19.2 Å². The summed E-state index contributed by atoms with van der Waals surface area (Å²) in [6.45, 7) is 0. The minimum atomic E-state index is -0.435. The highest BCUT2D eigenvalue weighted by atomic mass is 35.5. The SMILES string of the molecule is COc1c(Cl)cc(C(=O)NC(=S)Nc2ccc(-c3nc4ccccc4s3)cc2)cc1Cl. The standard InChI is InChI=1S/C22H15Cl2N3O2S2/c1-29-19-15(23)10-13(11-16(19)24)20(28)27-22(30)25-14-8-6-12(7-9-14)21-26-17-4-2-3-5-18(17)31-21/h2-11H,1H3,(H2,25,27,28,30). The number of thiocarbonyl (C=S) groups is 1. The number of nitrogens with one attached hydrogen (secondary N) is 2. The molecule has 0 bridgehead atoms. The van der Waals surface area contributed by atoms with Crippen LogP contribution in [0.3, 0.4) is 0 Å². The second-order valence-corrected chi connectivity index (χ2v) is 8.70. The van der Waals surface area contributed by atoms with E-state index in [0.29, 0.717) is 5.75 Å². The number of carbonyl (C=O) groups is 1. The fourth-order valence-electron chi connectivity index (χ4n) is 2.92. The lowest BCUT2D eigenvalue weighted by atomic mass is 10.2. The number of halogens is 2. The highest BCUT2D eigenvalue weighted by molar-refractivity contribution is 7.80. The molecule has 1 heterocycles. The van der Waals surface area contributed by atoms with Crippen molar-refractivity contribution in [1.29, 1.82) is 0 Å². The van der Waals surface area contributed by atoms with E-state index in [2.05, 4.69) is 21.7 Å². The van der Waals surface area contributed by atoms with Crippen LogP contribution < -0.4 is 15.4 Å². The Morgan fingerprint density at radius 3 is 2.39 bits per heavy atom. The molecule has 1 aromatic heterocycles. The quantitative estimate of drug-likeness (QED) is 0.325. The van der Waals surface area contributed by atoms with Crippen molar-refractivity contribution in [3.63, 3.8) is 0 Å². The molecule has 0 saturated heterocycles. The normalized spacial score (nSPS) is 10.7. The van der Waals surface area contributed by atoms with E-state index in [9.17, 15) is 4.79 Å². The fourth-order valence-corrected chi connectivity index (χ4v) is 4.74. The molecule has 0 spiro atoms. The van der Waals surface area contributed by atoms with E-state index in [1.807, 2.05) is 42.5 Å². The van der Waals surface area contributed by atoms with Crippen LogP contribution in [0.2, 0.25) is 10.0 Å². The molecule has 0 atom stereocenters. The number of amides is 1. The van der Waals surface area contributed by atoms with Gasteiger partial charge in [-0.2, -0.15) is 0 Å². The van der Waals surface area contributed by atoms with Gasteiger partial charge in [0.15, 0.2) is 10.9 Å². The van der Waals surface area contributed by atoms with E-state index in [4.69, 9.17) is 40.2 Å². The number of rotatable bonds is 4. The number of methoxy groups -OCH3 is 1. The van der Waals surface area contributed by atoms with Crippen LogP contribution in [0.1, 0.15) is 10.4 Å². The van der Waals surface area contributed by atoms with Crippen molar-refractivity contribution in [2.45, 2.75) is 0 Å². The summed E-state index contributed by atoms with van der Waals surface area (Å²) >= 11 is 19.1. The second kappa shape index (κ2) is 9.20. The summed E-state index contributed by atoms with van der Waals surface area (Å²) in [6, 6.07) is 18.6. The van der Waals surface area contributed by atoms with E-state index in [0.717, 1.165) is 26.5 Å². The highest BCUT2D eigenvalue weighted by Crippen LogP contribution is 2.34. The zero-order chi connectivity index (χ0) is 22.0. The maximum absolute atomic E-state index is 12.5. The summed E-state index contributed by atoms with van der Waals surface area (Å²) in [4.78, 5) is 17.1. The van der Waals surface area contributed by atoms with Gasteiger partial charge in [0.1, 0.15) is 5.01 Å². The maximum atomic E-state index is 12.5. The molecule has 3 aromatic carbocycles. The third kappa shape index (κ3) is 4.80. The van der Waals surface area contributed by atoms with Crippen molar-refractivity contribution in [2.24, 2.45) is 0 Å². The Morgan fingerprint density at radius 2 is 1.74 bits per heavy atom. The van der Waals surface area contributed by atoms with E-state index in [-0.39, 0.29) is 20.7 Å². The van der Waals surface area contributed by atoms with Crippen LogP contribution in [0.15, 0.2) is 60.7 Å². The molecule has 1 amide bonds. The summed E-state index contributed by atoms with van der Waals surface area (Å²) in [6.07, 6.45) is 0. The molecule has 0 aliphatic heterocycles. The molecule has 4 rings (SSSR count). The molecular weight excluding hydrogens is 473 g/mol. The van der Waals surface area contributed by atoms with Gasteiger partial charge in [0.2, 0.25) is 0 Å². The van der Waals surface area contributed by atoms with Crippen LogP contribution in [0.5, 0.6) is 5.75 Å². The smallest absolute Gasteiger partial charge is 0.257 e. The van der Waals surface area contributed by atoms with Crippen molar-refractivity contribution in [2.75, 3.05) is 12.4 Å².